The third kappa shape index (κ3) is 4.02. The molecule has 1 atom stereocenters. The van der Waals surface area contributed by atoms with E-state index in [4.69, 9.17) is 4.74 Å². The molecule has 0 aromatic carbocycles. The first-order valence-electron chi connectivity index (χ1n) is 6.65. The molecule has 2 rings (SSSR count). The monoisotopic (exact) mass is 269 g/mol. The second kappa shape index (κ2) is 7.19. The smallest absolute Gasteiger partial charge is 0.107 e. The van der Waals surface area contributed by atoms with E-state index in [0.29, 0.717) is 12.6 Å². The van der Waals surface area contributed by atoms with Crippen molar-refractivity contribution in [3.8, 4) is 0 Å². The standard InChI is InChI=1S/C13H23N3OS/c1-14-7-13-15-11(10-18-13)8-17-9-12-5-3-4-6-16(12)2/h10,12,14H,3-9H2,1-2H3. The van der Waals surface area contributed by atoms with Gasteiger partial charge in [0.2, 0.25) is 0 Å². The summed E-state index contributed by atoms with van der Waals surface area (Å²) in [4.78, 5) is 6.93. The topological polar surface area (TPSA) is 37.4 Å². The molecule has 1 aliphatic rings. The fourth-order valence-electron chi connectivity index (χ4n) is 2.30. The van der Waals surface area contributed by atoms with Gasteiger partial charge in [-0.15, -0.1) is 11.3 Å². The van der Waals surface area contributed by atoms with Gasteiger partial charge in [0.15, 0.2) is 0 Å². The summed E-state index contributed by atoms with van der Waals surface area (Å²) in [6.45, 7) is 3.52. The molecule has 1 N–H and O–H groups in total. The summed E-state index contributed by atoms with van der Waals surface area (Å²) >= 11 is 1.70. The molecule has 1 aromatic heterocycles. The second-order valence-corrected chi connectivity index (χ2v) is 5.85. The van der Waals surface area contributed by atoms with Gasteiger partial charge in [0.1, 0.15) is 5.01 Å². The van der Waals surface area contributed by atoms with Crippen molar-refractivity contribution in [2.45, 2.75) is 38.5 Å². The second-order valence-electron chi connectivity index (χ2n) is 4.91. The average Bonchev–Trinajstić information content (AvgIpc) is 2.80. The van der Waals surface area contributed by atoms with E-state index in [2.05, 4.69) is 27.6 Å². The molecule has 0 amide bonds. The molecule has 1 unspecified atom stereocenters. The maximum absolute atomic E-state index is 5.80. The molecule has 1 aliphatic heterocycles. The highest BCUT2D eigenvalue weighted by Crippen LogP contribution is 2.16. The number of hydrogen-bond acceptors (Lipinski definition) is 5. The lowest BCUT2D eigenvalue weighted by Crippen LogP contribution is -2.39. The van der Waals surface area contributed by atoms with Crippen LogP contribution in [0.4, 0.5) is 0 Å². The van der Waals surface area contributed by atoms with E-state index in [1.54, 1.807) is 11.3 Å². The first-order chi connectivity index (χ1) is 8.79. The van der Waals surface area contributed by atoms with Crippen molar-refractivity contribution in [1.29, 1.82) is 0 Å². The van der Waals surface area contributed by atoms with Gasteiger partial charge in [-0.05, 0) is 33.5 Å². The Kier molecular flexibility index (Phi) is 5.56. The fourth-order valence-corrected chi connectivity index (χ4v) is 3.09. The summed E-state index contributed by atoms with van der Waals surface area (Å²) in [6.07, 6.45) is 3.92. The molecule has 0 bridgehead atoms. The number of likely N-dealkylation sites (tertiary alicyclic amines) is 1. The van der Waals surface area contributed by atoms with Gasteiger partial charge in [-0.1, -0.05) is 6.42 Å². The molecule has 0 aliphatic carbocycles. The van der Waals surface area contributed by atoms with Crippen molar-refractivity contribution < 1.29 is 4.74 Å². The molecular formula is C13H23N3OS. The highest BCUT2D eigenvalue weighted by Gasteiger charge is 2.18. The van der Waals surface area contributed by atoms with Gasteiger partial charge in [-0.25, -0.2) is 4.98 Å². The third-order valence-electron chi connectivity index (χ3n) is 3.41. The molecule has 1 saturated heterocycles. The van der Waals surface area contributed by atoms with Crippen LogP contribution in [0, 0.1) is 0 Å². The van der Waals surface area contributed by atoms with Crippen LogP contribution in [0.2, 0.25) is 0 Å². The minimum atomic E-state index is 0.592. The third-order valence-corrected chi connectivity index (χ3v) is 4.31. The Bertz CT molecular complexity index is 356. The number of ether oxygens (including phenoxy) is 1. The predicted octanol–water partition coefficient (Wildman–Crippen LogP) is 1.86. The zero-order valence-electron chi connectivity index (χ0n) is 11.3. The van der Waals surface area contributed by atoms with E-state index in [-0.39, 0.29) is 0 Å². The van der Waals surface area contributed by atoms with E-state index in [1.807, 2.05) is 7.05 Å². The molecular weight excluding hydrogens is 246 g/mol. The van der Waals surface area contributed by atoms with Crippen molar-refractivity contribution >= 4 is 11.3 Å². The van der Waals surface area contributed by atoms with Gasteiger partial charge >= 0.3 is 0 Å². The van der Waals surface area contributed by atoms with Crippen LogP contribution in [0.5, 0.6) is 0 Å². The van der Waals surface area contributed by atoms with Gasteiger partial charge in [0.05, 0.1) is 18.9 Å². The van der Waals surface area contributed by atoms with Gasteiger partial charge in [-0.2, -0.15) is 0 Å². The minimum Gasteiger partial charge on any atom is -0.374 e. The summed E-state index contributed by atoms with van der Waals surface area (Å²) < 4.78 is 5.80. The Morgan fingerprint density at radius 2 is 2.44 bits per heavy atom. The van der Waals surface area contributed by atoms with Crippen LogP contribution < -0.4 is 5.32 Å². The molecule has 1 fully saturated rings. The van der Waals surface area contributed by atoms with E-state index in [0.717, 1.165) is 23.9 Å². The molecule has 102 valence electrons. The van der Waals surface area contributed by atoms with Gasteiger partial charge in [0.25, 0.3) is 0 Å². The molecule has 4 nitrogen and oxygen atoms in total. The maximum Gasteiger partial charge on any atom is 0.107 e. The van der Waals surface area contributed by atoms with E-state index in [1.165, 1.54) is 25.8 Å². The number of aromatic nitrogens is 1. The predicted molar refractivity (Wildman–Crippen MR) is 74.8 cm³/mol. The molecule has 18 heavy (non-hydrogen) atoms. The normalized spacial score (nSPS) is 21.3. The first-order valence-corrected chi connectivity index (χ1v) is 7.53. The van der Waals surface area contributed by atoms with Crippen LogP contribution in [0.25, 0.3) is 0 Å². The summed E-state index contributed by atoms with van der Waals surface area (Å²) in [7, 11) is 4.14. The van der Waals surface area contributed by atoms with E-state index < -0.39 is 0 Å². The zero-order chi connectivity index (χ0) is 12.8. The highest BCUT2D eigenvalue weighted by atomic mass is 32.1. The summed E-state index contributed by atoms with van der Waals surface area (Å²) in [6, 6.07) is 0.592. The number of likely N-dealkylation sites (N-methyl/N-ethyl adjacent to an activating group) is 1. The number of thiazole rings is 1. The molecule has 0 spiro atoms. The average molecular weight is 269 g/mol. The SMILES string of the molecule is CNCc1nc(COCC2CCCCN2C)cs1. The fraction of sp³-hybridized carbons (Fsp3) is 0.769. The quantitative estimate of drug-likeness (QED) is 0.855. The Balaban J connectivity index is 1.70. The number of rotatable bonds is 6. The van der Waals surface area contributed by atoms with Crippen molar-refractivity contribution in [2.75, 3.05) is 27.2 Å². The van der Waals surface area contributed by atoms with Gasteiger partial charge in [-0.3, -0.25) is 0 Å². The Labute approximate surface area is 113 Å². The van der Waals surface area contributed by atoms with Crippen LogP contribution in [0.3, 0.4) is 0 Å². The van der Waals surface area contributed by atoms with Crippen LogP contribution in [-0.4, -0.2) is 43.2 Å². The first kappa shape index (κ1) is 13.9. The highest BCUT2D eigenvalue weighted by molar-refractivity contribution is 7.09. The number of nitrogens with zero attached hydrogens (tertiary/aromatic N) is 2. The Hall–Kier alpha value is -0.490. The van der Waals surface area contributed by atoms with Crippen LogP contribution in [0.1, 0.15) is 30.0 Å². The molecule has 5 heteroatoms. The van der Waals surface area contributed by atoms with Crippen molar-refractivity contribution in [3.63, 3.8) is 0 Å². The number of piperidine rings is 1. The Morgan fingerprint density at radius 1 is 1.56 bits per heavy atom. The zero-order valence-corrected chi connectivity index (χ0v) is 12.1. The molecule has 0 saturated carbocycles. The van der Waals surface area contributed by atoms with E-state index in [9.17, 15) is 0 Å². The lowest BCUT2D eigenvalue weighted by atomic mass is 10.0. The molecule has 2 heterocycles. The summed E-state index contributed by atoms with van der Waals surface area (Å²) in [5.41, 5.74) is 1.06. The Morgan fingerprint density at radius 3 is 3.22 bits per heavy atom. The number of nitrogens with one attached hydrogen (secondary N) is 1. The van der Waals surface area contributed by atoms with Gasteiger partial charge in [0, 0.05) is 18.0 Å². The van der Waals surface area contributed by atoms with Crippen molar-refractivity contribution in [3.05, 3.63) is 16.1 Å². The lowest BCUT2D eigenvalue weighted by molar-refractivity contribution is 0.0432. The molecule has 1 aromatic rings. The minimum absolute atomic E-state index is 0.592. The maximum atomic E-state index is 5.80. The van der Waals surface area contributed by atoms with E-state index >= 15 is 0 Å². The van der Waals surface area contributed by atoms with Crippen molar-refractivity contribution in [1.82, 2.24) is 15.2 Å². The number of hydrogen-bond donors (Lipinski definition) is 1. The van der Waals surface area contributed by atoms with Crippen LogP contribution in [-0.2, 0) is 17.9 Å². The molecule has 0 radical (unpaired) electrons. The van der Waals surface area contributed by atoms with Crippen LogP contribution in [0.15, 0.2) is 5.38 Å². The summed E-state index contributed by atoms with van der Waals surface area (Å²) in [5, 5.41) is 6.34. The lowest BCUT2D eigenvalue weighted by Gasteiger charge is -2.32. The summed E-state index contributed by atoms with van der Waals surface area (Å²) in [5.74, 6) is 0. The van der Waals surface area contributed by atoms with Crippen molar-refractivity contribution in [2.24, 2.45) is 0 Å². The largest absolute Gasteiger partial charge is 0.374 e. The van der Waals surface area contributed by atoms with Crippen LogP contribution >= 0.6 is 11.3 Å². The van der Waals surface area contributed by atoms with Gasteiger partial charge < -0.3 is 15.0 Å².